The van der Waals surface area contributed by atoms with Crippen LogP contribution in [0.2, 0.25) is 0 Å². The lowest BCUT2D eigenvalue weighted by molar-refractivity contribution is 0.942. The van der Waals surface area contributed by atoms with Crippen molar-refractivity contribution in [1.82, 2.24) is 24.5 Å². The van der Waals surface area contributed by atoms with Gasteiger partial charge in [-0.2, -0.15) is 0 Å². The van der Waals surface area contributed by atoms with Crippen LogP contribution in [0.3, 0.4) is 0 Å². The molecule has 0 atom stereocenters. The number of benzene rings is 1. The zero-order chi connectivity index (χ0) is 16.0. The third-order valence-electron chi connectivity index (χ3n) is 4.19. The second-order valence-corrected chi connectivity index (χ2v) is 5.69. The fourth-order valence-electron chi connectivity index (χ4n) is 2.94. The van der Waals surface area contributed by atoms with Crippen LogP contribution in [0.25, 0.3) is 28.1 Å². The third-order valence-corrected chi connectivity index (χ3v) is 4.19. The summed E-state index contributed by atoms with van der Waals surface area (Å²) in [6.07, 6.45) is 3.55. The minimum absolute atomic E-state index is 0.856. The second kappa shape index (κ2) is 5.05. The average Bonchev–Trinajstić information content (AvgIpc) is 3.09. The fraction of sp³-hybridized carbons (Fsp3) is 0.167. The quantitative estimate of drug-likeness (QED) is 0.613. The maximum absolute atomic E-state index is 4.66. The summed E-state index contributed by atoms with van der Waals surface area (Å²) < 4.78 is 2.17. The van der Waals surface area contributed by atoms with Crippen LogP contribution in [-0.4, -0.2) is 24.5 Å². The number of hydrogen-bond donors (Lipinski definition) is 1. The Labute approximate surface area is 134 Å². The Morgan fingerprint density at radius 2 is 1.74 bits per heavy atom. The van der Waals surface area contributed by atoms with Crippen molar-refractivity contribution in [2.45, 2.75) is 20.8 Å². The lowest BCUT2D eigenvalue weighted by Gasteiger charge is -2.07. The SMILES string of the molecule is Cc1nc(C)n(-c2ccc3nc(-c4ccncc4)[nH]c3c2)c1C. The maximum Gasteiger partial charge on any atom is 0.138 e. The predicted octanol–water partition coefficient (Wildman–Crippen LogP) is 3.74. The van der Waals surface area contributed by atoms with Crippen molar-refractivity contribution < 1.29 is 0 Å². The number of aryl methyl sites for hydroxylation is 2. The molecule has 3 aromatic heterocycles. The van der Waals surface area contributed by atoms with Crippen molar-refractivity contribution in [3.05, 3.63) is 59.9 Å². The van der Waals surface area contributed by atoms with E-state index in [4.69, 9.17) is 0 Å². The highest BCUT2D eigenvalue weighted by Crippen LogP contribution is 2.24. The van der Waals surface area contributed by atoms with E-state index in [0.717, 1.165) is 45.3 Å². The molecule has 0 radical (unpaired) electrons. The highest BCUT2D eigenvalue weighted by atomic mass is 15.1. The van der Waals surface area contributed by atoms with E-state index in [0.29, 0.717) is 0 Å². The molecular formula is C18H17N5. The molecule has 0 unspecified atom stereocenters. The van der Waals surface area contributed by atoms with Crippen molar-refractivity contribution in [3.63, 3.8) is 0 Å². The molecule has 0 spiro atoms. The first kappa shape index (κ1) is 13.7. The molecule has 0 aliphatic rings. The van der Waals surface area contributed by atoms with Gasteiger partial charge < -0.3 is 9.55 Å². The van der Waals surface area contributed by atoms with Crippen LogP contribution in [0.5, 0.6) is 0 Å². The molecule has 0 saturated heterocycles. The minimum Gasteiger partial charge on any atom is -0.338 e. The van der Waals surface area contributed by atoms with Gasteiger partial charge in [0.05, 0.1) is 16.7 Å². The summed E-state index contributed by atoms with van der Waals surface area (Å²) in [5, 5.41) is 0. The second-order valence-electron chi connectivity index (χ2n) is 5.69. The molecule has 0 saturated carbocycles. The standard InChI is InChI=1S/C18H17N5/c1-11-12(2)23(13(3)20-11)15-4-5-16-17(10-15)22-18(21-16)14-6-8-19-9-7-14/h4-10H,1-3H3,(H,21,22). The number of aromatic amines is 1. The molecule has 5 nitrogen and oxygen atoms in total. The van der Waals surface area contributed by atoms with Crippen LogP contribution in [0.1, 0.15) is 17.2 Å². The largest absolute Gasteiger partial charge is 0.338 e. The van der Waals surface area contributed by atoms with Gasteiger partial charge in [0.25, 0.3) is 0 Å². The summed E-state index contributed by atoms with van der Waals surface area (Å²) in [7, 11) is 0. The fourth-order valence-corrected chi connectivity index (χ4v) is 2.94. The van der Waals surface area contributed by atoms with Crippen molar-refractivity contribution in [1.29, 1.82) is 0 Å². The topological polar surface area (TPSA) is 59.4 Å². The summed E-state index contributed by atoms with van der Waals surface area (Å²) in [4.78, 5) is 16.7. The van der Waals surface area contributed by atoms with Crippen molar-refractivity contribution in [2.24, 2.45) is 0 Å². The number of H-pyrrole nitrogens is 1. The summed E-state index contributed by atoms with van der Waals surface area (Å²) in [6.45, 7) is 6.16. The van der Waals surface area contributed by atoms with Gasteiger partial charge >= 0.3 is 0 Å². The van der Waals surface area contributed by atoms with Crippen LogP contribution in [0.4, 0.5) is 0 Å². The van der Waals surface area contributed by atoms with Crippen molar-refractivity contribution >= 4 is 11.0 Å². The number of nitrogens with one attached hydrogen (secondary N) is 1. The number of fused-ring (bicyclic) bond motifs is 1. The lowest BCUT2D eigenvalue weighted by Crippen LogP contribution is -1.99. The molecule has 3 heterocycles. The molecular weight excluding hydrogens is 286 g/mol. The molecule has 5 heteroatoms. The Morgan fingerprint density at radius 3 is 2.43 bits per heavy atom. The van der Waals surface area contributed by atoms with Gasteiger partial charge in [-0.05, 0) is 51.1 Å². The molecule has 4 rings (SSSR count). The van der Waals surface area contributed by atoms with E-state index in [1.165, 1.54) is 0 Å². The Bertz CT molecular complexity index is 995. The van der Waals surface area contributed by atoms with Crippen LogP contribution in [0.15, 0.2) is 42.7 Å². The van der Waals surface area contributed by atoms with Gasteiger partial charge in [-0.3, -0.25) is 4.98 Å². The Balaban J connectivity index is 1.85. The summed E-state index contributed by atoms with van der Waals surface area (Å²) in [5.74, 6) is 1.85. The molecule has 0 aliphatic heterocycles. The maximum atomic E-state index is 4.66. The number of aromatic nitrogens is 5. The van der Waals surface area contributed by atoms with Gasteiger partial charge in [-0.25, -0.2) is 9.97 Å². The number of hydrogen-bond acceptors (Lipinski definition) is 3. The summed E-state index contributed by atoms with van der Waals surface area (Å²) >= 11 is 0. The molecule has 1 aromatic carbocycles. The first-order valence-corrected chi connectivity index (χ1v) is 7.56. The van der Waals surface area contributed by atoms with E-state index < -0.39 is 0 Å². The van der Waals surface area contributed by atoms with E-state index >= 15 is 0 Å². The third kappa shape index (κ3) is 2.21. The smallest absolute Gasteiger partial charge is 0.138 e. The highest BCUT2D eigenvalue weighted by molar-refractivity contribution is 5.81. The van der Waals surface area contributed by atoms with Gasteiger partial charge in [-0.15, -0.1) is 0 Å². The van der Waals surface area contributed by atoms with Gasteiger partial charge in [0.2, 0.25) is 0 Å². The zero-order valence-corrected chi connectivity index (χ0v) is 13.3. The molecule has 0 aliphatic carbocycles. The summed E-state index contributed by atoms with van der Waals surface area (Å²) in [5.41, 5.74) is 6.31. The lowest BCUT2D eigenvalue weighted by atomic mass is 10.2. The van der Waals surface area contributed by atoms with Crippen LogP contribution in [-0.2, 0) is 0 Å². The van der Waals surface area contributed by atoms with Gasteiger partial charge in [-0.1, -0.05) is 0 Å². The van der Waals surface area contributed by atoms with Crippen molar-refractivity contribution in [3.8, 4) is 17.1 Å². The highest BCUT2D eigenvalue weighted by Gasteiger charge is 2.11. The van der Waals surface area contributed by atoms with E-state index in [1.807, 2.05) is 32.0 Å². The normalized spacial score (nSPS) is 11.3. The molecule has 0 bridgehead atoms. The predicted molar refractivity (Wildman–Crippen MR) is 90.7 cm³/mol. The summed E-state index contributed by atoms with van der Waals surface area (Å²) in [6, 6.07) is 10.1. The van der Waals surface area contributed by atoms with Crippen LogP contribution >= 0.6 is 0 Å². The monoisotopic (exact) mass is 303 g/mol. The van der Waals surface area contributed by atoms with E-state index in [2.05, 4.69) is 43.6 Å². The zero-order valence-electron chi connectivity index (χ0n) is 13.3. The number of rotatable bonds is 2. The van der Waals surface area contributed by atoms with E-state index in [9.17, 15) is 0 Å². The first-order chi connectivity index (χ1) is 11.1. The molecule has 23 heavy (non-hydrogen) atoms. The van der Waals surface area contributed by atoms with Gasteiger partial charge in [0, 0.05) is 29.3 Å². The first-order valence-electron chi connectivity index (χ1n) is 7.56. The van der Waals surface area contributed by atoms with Crippen molar-refractivity contribution in [2.75, 3.05) is 0 Å². The Hall–Kier alpha value is -2.95. The minimum atomic E-state index is 0.856. The number of pyridine rings is 1. The number of imidazole rings is 2. The molecule has 4 aromatic rings. The van der Waals surface area contributed by atoms with Crippen LogP contribution in [0, 0.1) is 20.8 Å². The molecule has 1 N–H and O–H groups in total. The number of nitrogens with zero attached hydrogens (tertiary/aromatic N) is 4. The van der Waals surface area contributed by atoms with E-state index in [-0.39, 0.29) is 0 Å². The average molecular weight is 303 g/mol. The molecule has 114 valence electrons. The molecule has 0 amide bonds. The Kier molecular flexibility index (Phi) is 3.01. The molecule has 0 fully saturated rings. The van der Waals surface area contributed by atoms with E-state index in [1.54, 1.807) is 12.4 Å². The van der Waals surface area contributed by atoms with Gasteiger partial charge in [0.1, 0.15) is 11.6 Å². The Morgan fingerprint density at radius 1 is 0.957 bits per heavy atom. The van der Waals surface area contributed by atoms with Crippen LogP contribution < -0.4 is 0 Å². The van der Waals surface area contributed by atoms with Gasteiger partial charge in [0.15, 0.2) is 0 Å².